The van der Waals surface area contributed by atoms with Gasteiger partial charge < -0.3 is 19.5 Å². The van der Waals surface area contributed by atoms with Crippen LogP contribution >= 0.6 is 0 Å². The maximum atomic E-state index is 12.2. The van der Waals surface area contributed by atoms with Crippen molar-refractivity contribution in [1.82, 2.24) is 5.32 Å². The molecule has 6 heteroatoms. The van der Waals surface area contributed by atoms with E-state index in [2.05, 4.69) is 5.32 Å². The van der Waals surface area contributed by atoms with Gasteiger partial charge in [-0.1, -0.05) is 30.3 Å². The minimum Gasteiger partial charge on any atom is -0.497 e. The van der Waals surface area contributed by atoms with Crippen molar-refractivity contribution in [1.29, 1.82) is 0 Å². The highest BCUT2D eigenvalue weighted by Gasteiger charge is 2.20. The summed E-state index contributed by atoms with van der Waals surface area (Å²) in [5.41, 5.74) is 0.974. The van der Waals surface area contributed by atoms with E-state index >= 15 is 0 Å². The van der Waals surface area contributed by atoms with Crippen LogP contribution in [-0.2, 0) is 14.3 Å². The first-order valence-electron chi connectivity index (χ1n) is 8.31. The molecule has 0 saturated carbocycles. The fourth-order valence-electron chi connectivity index (χ4n) is 2.25. The number of hydrogen-bond donors (Lipinski definition) is 1. The Labute approximate surface area is 153 Å². The van der Waals surface area contributed by atoms with E-state index in [-0.39, 0.29) is 18.6 Å². The highest BCUT2D eigenvalue weighted by Crippen LogP contribution is 2.17. The van der Waals surface area contributed by atoms with Crippen LogP contribution in [0.3, 0.4) is 0 Å². The van der Waals surface area contributed by atoms with E-state index in [0.29, 0.717) is 11.5 Å². The van der Waals surface area contributed by atoms with Crippen molar-refractivity contribution >= 4 is 11.9 Å². The zero-order valence-corrected chi connectivity index (χ0v) is 15.1. The first-order valence-corrected chi connectivity index (χ1v) is 8.31. The lowest BCUT2D eigenvalue weighted by atomic mass is 10.1. The van der Waals surface area contributed by atoms with Gasteiger partial charge in [0.25, 0.3) is 5.91 Å². The van der Waals surface area contributed by atoms with Gasteiger partial charge in [-0.3, -0.25) is 4.79 Å². The lowest BCUT2D eigenvalue weighted by Crippen LogP contribution is -2.38. The Morgan fingerprint density at radius 3 is 2.19 bits per heavy atom. The van der Waals surface area contributed by atoms with Crippen molar-refractivity contribution in [3.05, 3.63) is 60.2 Å². The highest BCUT2D eigenvalue weighted by molar-refractivity contribution is 5.84. The van der Waals surface area contributed by atoms with Crippen LogP contribution in [0.2, 0.25) is 0 Å². The summed E-state index contributed by atoms with van der Waals surface area (Å²) in [4.78, 5) is 24.0. The zero-order valence-electron chi connectivity index (χ0n) is 15.1. The molecule has 2 rings (SSSR count). The molecule has 2 aromatic carbocycles. The van der Waals surface area contributed by atoms with Gasteiger partial charge in [-0.2, -0.15) is 0 Å². The van der Waals surface area contributed by atoms with Gasteiger partial charge in [-0.05, 0) is 43.7 Å². The minimum absolute atomic E-state index is 0.180. The van der Waals surface area contributed by atoms with Crippen molar-refractivity contribution in [2.75, 3.05) is 13.7 Å². The molecule has 0 fully saturated rings. The molecular formula is C20H23NO5. The van der Waals surface area contributed by atoms with Gasteiger partial charge in [0.2, 0.25) is 0 Å². The van der Waals surface area contributed by atoms with Crippen LogP contribution in [0.1, 0.15) is 25.5 Å². The number of ether oxygens (including phenoxy) is 3. The highest BCUT2D eigenvalue weighted by atomic mass is 16.6. The average molecular weight is 357 g/mol. The van der Waals surface area contributed by atoms with Gasteiger partial charge in [0, 0.05) is 0 Å². The molecule has 1 N–H and O–H groups in total. The topological polar surface area (TPSA) is 73.9 Å². The van der Waals surface area contributed by atoms with E-state index in [1.54, 1.807) is 31.4 Å². The van der Waals surface area contributed by atoms with Crippen LogP contribution in [0.4, 0.5) is 0 Å². The fraction of sp³-hybridized carbons (Fsp3) is 0.300. The van der Waals surface area contributed by atoms with Crippen LogP contribution in [0.25, 0.3) is 0 Å². The van der Waals surface area contributed by atoms with Crippen molar-refractivity contribution < 1.29 is 23.8 Å². The maximum Gasteiger partial charge on any atom is 0.344 e. The Hall–Kier alpha value is -3.02. The van der Waals surface area contributed by atoms with Crippen LogP contribution in [0.5, 0.6) is 11.5 Å². The molecule has 0 heterocycles. The molecule has 138 valence electrons. The Morgan fingerprint density at radius 1 is 0.962 bits per heavy atom. The van der Waals surface area contributed by atoms with Crippen molar-refractivity contribution in [3.8, 4) is 11.5 Å². The largest absolute Gasteiger partial charge is 0.497 e. The van der Waals surface area contributed by atoms with Gasteiger partial charge in [0.05, 0.1) is 13.2 Å². The van der Waals surface area contributed by atoms with Gasteiger partial charge >= 0.3 is 5.97 Å². The van der Waals surface area contributed by atoms with Gasteiger partial charge in [0.15, 0.2) is 12.7 Å². The molecule has 26 heavy (non-hydrogen) atoms. The summed E-state index contributed by atoms with van der Waals surface area (Å²) in [5.74, 6) is 0.227. The van der Waals surface area contributed by atoms with Gasteiger partial charge in [-0.25, -0.2) is 4.79 Å². The van der Waals surface area contributed by atoms with E-state index in [0.717, 1.165) is 5.56 Å². The number of rotatable bonds is 8. The summed E-state index contributed by atoms with van der Waals surface area (Å²) < 4.78 is 15.5. The summed E-state index contributed by atoms with van der Waals surface area (Å²) in [6.45, 7) is 3.12. The number of amides is 1. The summed E-state index contributed by atoms with van der Waals surface area (Å²) in [5, 5.41) is 2.82. The van der Waals surface area contributed by atoms with Gasteiger partial charge in [-0.15, -0.1) is 0 Å². The van der Waals surface area contributed by atoms with E-state index in [4.69, 9.17) is 14.2 Å². The van der Waals surface area contributed by atoms with E-state index in [1.807, 2.05) is 37.3 Å². The third-order valence-electron chi connectivity index (χ3n) is 3.75. The maximum absolute atomic E-state index is 12.2. The monoisotopic (exact) mass is 357 g/mol. The summed E-state index contributed by atoms with van der Waals surface area (Å²) in [6, 6.07) is 16.2. The molecule has 0 bridgehead atoms. The standard InChI is InChI=1S/C20H23NO5/c1-14(16-7-5-4-6-8-16)21-20(23)15(2)26-19(22)13-25-18-11-9-17(24-3)10-12-18/h4-12,14-15H,13H2,1-3H3,(H,21,23). The van der Waals surface area contributed by atoms with E-state index in [1.165, 1.54) is 6.92 Å². The molecule has 0 aliphatic heterocycles. The quantitative estimate of drug-likeness (QED) is 0.736. The lowest BCUT2D eigenvalue weighted by molar-refractivity contribution is -0.156. The number of benzene rings is 2. The number of methoxy groups -OCH3 is 1. The normalized spacial score (nSPS) is 12.6. The van der Waals surface area contributed by atoms with Crippen LogP contribution in [-0.4, -0.2) is 31.7 Å². The molecule has 0 aliphatic carbocycles. The molecular weight excluding hydrogens is 334 g/mol. The molecule has 0 saturated heterocycles. The van der Waals surface area contributed by atoms with Crippen LogP contribution < -0.4 is 14.8 Å². The number of nitrogens with one attached hydrogen (secondary N) is 1. The second kappa shape index (κ2) is 9.46. The minimum atomic E-state index is -0.909. The molecule has 1 amide bonds. The van der Waals surface area contributed by atoms with E-state index in [9.17, 15) is 9.59 Å². The third kappa shape index (κ3) is 5.81. The van der Waals surface area contributed by atoms with Crippen LogP contribution in [0.15, 0.2) is 54.6 Å². The van der Waals surface area contributed by atoms with Crippen molar-refractivity contribution in [2.24, 2.45) is 0 Å². The number of carbonyl (C=O) groups excluding carboxylic acids is 2. The fourth-order valence-corrected chi connectivity index (χ4v) is 2.25. The molecule has 6 nitrogen and oxygen atoms in total. The first kappa shape index (κ1) is 19.3. The molecule has 0 radical (unpaired) electrons. The summed E-state index contributed by atoms with van der Waals surface area (Å²) in [6.07, 6.45) is -0.909. The first-order chi connectivity index (χ1) is 12.5. The molecule has 0 spiro atoms. The average Bonchev–Trinajstić information content (AvgIpc) is 2.67. The Balaban J connectivity index is 1.77. The molecule has 0 aliphatic rings. The SMILES string of the molecule is COc1ccc(OCC(=O)OC(C)C(=O)NC(C)c2ccccc2)cc1. The molecule has 2 unspecified atom stereocenters. The summed E-state index contributed by atoms with van der Waals surface area (Å²) in [7, 11) is 1.57. The van der Waals surface area contributed by atoms with Crippen molar-refractivity contribution in [2.45, 2.75) is 26.0 Å². The molecule has 2 atom stereocenters. The Morgan fingerprint density at radius 2 is 1.58 bits per heavy atom. The Kier molecular flexibility index (Phi) is 7.02. The number of esters is 1. The summed E-state index contributed by atoms with van der Waals surface area (Å²) >= 11 is 0. The second-order valence-corrected chi connectivity index (χ2v) is 5.74. The van der Waals surface area contributed by atoms with Crippen molar-refractivity contribution in [3.63, 3.8) is 0 Å². The second-order valence-electron chi connectivity index (χ2n) is 5.74. The lowest BCUT2D eigenvalue weighted by Gasteiger charge is -2.18. The smallest absolute Gasteiger partial charge is 0.344 e. The third-order valence-corrected chi connectivity index (χ3v) is 3.75. The predicted octanol–water partition coefficient (Wildman–Crippen LogP) is 2.88. The number of carbonyl (C=O) groups is 2. The molecule has 0 aromatic heterocycles. The molecule has 2 aromatic rings. The van der Waals surface area contributed by atoms with Crippen LogP contribution in [0, 0.1) is 0 Å². The predicted molar refractivity (Wildman–Crippen MR) is 97.0 cm³/mol. The van der Waals surface area contributed by atoms with Gasteiger partial charge in [0.1, 0.15) is 11.5 Å². The zero-order chi connectivity index (χ0) is 18.9. The Bertz CT molecular complexity index is 715. The van der Waals surface area contributed by atoms with E-state index < -0.39 is 12.1 Å². The number of hydrogen-bond acceptors (Lipinski definition) is 5.